The monoisotopic (exact) mass is 540 g/mol. The van der Waals surface area contributed by atoms with Gasteiger partial charge in [-0.05, 0) is 59.2 Å². The second-order valence-electron chi connectivity index (χ2n) is 9.55. The van der Waals surface area contributed by atoms with Gasteiger partial charge in [0.15, 0.2) is 0 Å². The molecule has 2 aliphatic rings. The highest BCUT2D eigenvalue weighted by atomic mass is 35.5. The standard InChI is InChI=1S/C31H25ClN2O3S/c1-37-26-11-6-10-25-28(26)33-30(36)31(17-20-7-2-3-8-21(20)18-31)34(29(25)35)19-22-9-4-5-12-27(22)38-24-15-13-23(32)14-16-24/h2-16H,17-19H2,1H3,(H,33,36). The smallest absolute Gasteiger partial charge is 0.257 e. The fourth-order valence-electron chi connectivity index (χ4n) is 5.40. The van der Waals surface area contributed by atoms with E-state index in [0.29, 0.717) is 34.9 Å². The molecule has 0 radical (unpaired) electrons. The number of amides is 2. The summed E-state index contributed by atoms with van der Waals surface area (Å²) in [5.41, 5.74) is 2.92. The van der Waals surface area contributed by atoms with Gasteiger partial charge in [-0.15, -0.1) is 0 Å². The Bertz CT molecular complexity index is 1530. The Labute approximate surface area is 230 Å². The highest BCUT2D eigenvalue weighted by Gasteiger charge is 2.53. The molecule has 4 aromatic rings. The van der Waals surface area contributed by atoms with Gasteiger partial charge in [-0.3, -0.25) is 9.59 Å². The minimum absolute atomic E-state index is 0.198. The zero-order valence-corrected chi connectivity index (χ0v) is 22.3. The van der Waals surface area contributed by atoms with Crippen LogP contribution in [-0.4, -0.2) is 29.4 Å². The second-order valence-corrected chi connectivity index (χ2v) is 11.1. The summed E-state index contributed by atoms with van der Waals surface area (Å²) in [4.78, 5) is 32.3. The van der Waals surface area contributed by atoms with Crippen molar-refractivity contribution >= 4 is 40.9 Å². The van der Waals surface area contributed by atoms with Crippen molar-refractivity contribution in [1.29, 1.82) is 0 Å². The first kappa shape index (κ1) is 24.6. The van der Waals surface area contributed by atoms with Crippen molar-refractivity contribution in [2.45, 2.75) is 34.7 Å². The fourth-order valence-corrected chi connectivity index (χ4v) is 6.47. The van der Waals surface area contributed by atoms with E-state index in [1.54, 1.807) is 42.0 Å². The highest BCUT2D eigenvalue weighted by molar-refractivity contribution is 7.99. The van der Waals surface area contributed by atoms with E-state index in [1.165, 1.54) is 0 Å². The van der Waals surface area contributed by atoms with E-state index in [2.05, 4.69) is 5.32 Å². The lowest BCUT2D eigenvalue weighted by atomic mass is 9.91. The molecule has 0 aromatic heterocycles. The van der Waals surface area contributed by atoms with Crippen LogP contribution in [0.15, 0.2) is 101 Å². The van der Waals surface area contributed by atoms with Gasteiger partial charge in [0.2, 0.25) is 0 Å². The van der Waals surface area contributed by atoms with Gasteiger partial charge < -0.3 is 15.0 Å². The van der Waals surface area contributed by atoms with Crippen molar-refractivity contribution in [1.82, 2.24) is 4.90 Å². The van der Waals surface area contributed by atoms with E-state index >= 15 is 0 Å². The Morgan fingerprint density at radius 2 is 1.58 bits per heavy atom. The molecule has 0 saturated heterocycles. The number of para-hydroxylation sites is 1. The summed E-state index contributed by atoms with van der Waals surface area (Å²) in [7, 11) is 1.54. The predicted octanol–water partition coefficient (Wildman–Crippen LogP) is 6.63. The summed E-state index contributed by atoms with van der Waals surface area (Å²) < 4.78 is 5.53. The number of nitrogens with one attached hydrogen (secondary N) is 1. The third-order valence-electron chi connectivity index (χ3n) is 7.33. The molecule has 7 heteroatoms. The van der Waals surface area contributed by atoms with E-state index in [9.17, 15) is 9.59 Å². The normalized spacial score (nSPS) is 15.6. The van der Waals surface area contributed by atoms with Gasteiger partial charge in [-0.25, -0.2) is 0 Å². The molecule has 0 saturated carbocycles. The van der Waals surface area contributed by atoms with Crippen LogP contribution in [0.3, 0.4) is 0 Å². The summed E-state index contributed by atoms with van der Waals surface area (Å²) in [5.74, 6) is 0.0693. The molecule has 1 spiro atoms. The number of anilines is 1. The highest BCUT2D eigenvalue weighted by Crippen LogP contribution is 2.43. The van der Waals surface area contributed by atoms with Crippen LogP contribution in [0.1, 0.15) is 27.0 Å². The first-order valence-electron chi connectivity index (χ1n) is 12.4. The van der Waals surface area contributed by atoms with Gasteiger partial charge in [-0.2, -0.15) is 0 Å². The number of hydrogen-bond donors (Lipinski definition) is 1. The number of halogens is 1. The van der Waals surface area contributed by atoms with E-state index < -0.39 is 5.54 Å². The summed E-state index contributed by atoms with van der Waals surface area (Å²) >= 11 is 7.70. The zero-order valence-electron chi connectivity index (χ0n) is 20.7. The molecule has 0 atom stereocenters. The first-order chi connectivity index (χ1) is 18.5. The third kappa shape index (κ3) is 4.24. The molecule has 5 nitrogen and oxygen atoms in total. The van der Waals surface area contributed by atoms with Gasteiger partial charge in [0.1, 0.15) is 11.3 Å². The van der Waals surface area contributed by atoms with E-state index in [4.69, 9.17) is 16.3 Å². The van der Waals surface area contributed by atoms with Crippen LogP contribution >= 0.6 is 23.4 Å². The number of nitrogens with zero attached hydrogens (tertiary/aromatic N) is 1. The van der Waals surface area contributed by atoms with Gasteiger partial charge in [-0.1, -0.05) is 71.9 Å². The van der Waals surface area contributed by atoms with Crippen molar-refractivity contribution in [3.05, 3.63) is 118 Å². The molecule has 4 aromatic carbocycles. The lowest BCUT2D eigenvalue weighted by Gasteiger charge is -2.38. The topological polar surface area (TPSA) is 58.6 Å². The average Bonchev–Trinajstić information content (AvgIpc) is 3.31. The van der Waals surface area contributed by atoms with Crippen LogP contribution in [0.25, 0.3) is 0 Å². The minimum atomic E-state index is -1.07. The molecule has 6 rings (SSSR count). The Morgan fingerprint density at radius 1 is 0.895 bits per heavy atom. The van der Waals surface area contributed by atoms with Gasteiger partial charge in [0, 0.05) is 34.2 Å². The Kier molecular flexibility index (Phi) is 6.38. The lowest BCUT2D eigenvalue weighted by molar-refractivity contribution is -0.126. The Balaban J connectivity index is 1.45. The van der Waals surface area contributed by atoms with Crippen LogP contribution < -0.4 is 10.1 Å². The van der Waals surface area contributed by atoms with Crippen molar-refractivity contribution in [3.8, 4) is 5.75 Å². The van der Waals surface area contributed by atoms with Crippen molar-refractivity contribution in [3.63, 3.8) is 0 Å². The van der Waals surface area contributed by atoms with Crippen molar-refractivity contribution in [2.75, 3.05) is 12.4 Å². The number of rotatable bonds is 5. The maximum atomic E-state index is 14.3. The van der Waals surface area contributed by atoms with E-state index in [1.807, 2.05) is 72.8 Å². The fraction of sp³-hybridized carbons (Fsp3) is 0.161. The molecular weight excluding hydrogens is 516 g/mol. The SMILES string of the molecule is COc1cccc2c1NC(=O)C1(Cc3ccccc3C1)N(Cc1ccccc1Sc1ccc(Cl)cc1)C2=O. The van der Waals surface area contributed by atoms with Crippen LogP contribution in [0.2, 0.25) is 5.02 Å². The molecule has 1 aliphatic carbocycles. The number of benzene rings is 4. The van der Waals surface area contributed by atoms with Crippen LogP contribution in [0, 0.1) is 0 Å². The van der Waals surface area contributed by atoms with Gasteiger partial charge in [0.05, 0.1) is 18.4 Å². The number of carbonyl (C=O) groups is 2. The zero-order chi connectivity index (χ0) is 26.3. The van der Waals surface area contributed by atoms with E-state index in [0.717, 1.165) is 26.5 Å². The summed E-state index contributed by atoms with van der Waals surface area (Å²) in [6.07, 6.45) is 0.896. The maximum absolute atomic E-state index is 14.3. The van der Waals surface area contributed by atoms with Crippen molar-refractivity contribution < 1.29 is 14.3 Å². The van der Waals surface area contributed by atoms with E-state index in [-0.39, 0.29) is 18.4 Å². The molecule has 1 heterocycles. The molecule has 38 heavy (non-hydrogen) atoms. The Hall–Kier alpha value is -3.74. The molecule has 2 amide bonds. The lowest BCUT2D eigenvalue weighted by Crippen LogP contribution is -2.58. The van der Waals surface area contributed by atoms with Gasteiger partial charge >= 0.3 is 0 Å². The molecule has 1 N–H and O–H groups in total. The second kappa shape index (κ2) is 9.86. The number of fused-ring (bicyclic) bond motifs is 2. The summed E-state index contributed by atoms with van der Waals surface area (Å²) in [6, 6.07) is 29.1. The minimum Gasteiger partial charge on any atom is -0.495 e. The predicted molar refractivity (Wildman–Crippen MR) is 150 cm³/mol. The largest absolute Gasteiger partial charge is 0.495 e. The molecular formula is C31H25ClN2O3S. The Morgan fingerprint density at radius 3 is 2.29 bits per heavy atom. The molecule has 0 unspecified atom stereocenters. The number of ether oxygens (including phenoxy) is 1. The quantitative estimate of drug-likeness (QED) is 0.308. The first-order valence-corrected chi connectivity index (χ1v) is 13.6. The average molecular weight is 541 g/mol. The summed E-state index contributed by atoms with van der Waals surface area (Å²) in [5, 5.41) is 3.75. The number of hydrogen-bond acceptors (Lipinski definition) is 4. The van der Waals surface area contributed by atoms with Crippen LogP contribution in [0.4, 0.5) is 5.69 Å². The number of carbonyl (C=O) groups excluding carboxylic acids is 2. The van der Waals surface area contributed by atoms with Gasteiger partial charge in [0.25, 0.3) is 11.8 Å². The van der Waals surface area contributed by atoms with Crippen LogP contribution in [0.5, 0.6) is 5.75 Å². The number of methoxy groups -OCH3 is 1. The molecule has 0 fully saturated rings. The molecule has 190 valence electrons. The summed E-state index contributed by atoms with van der Waals surface area (Å²) in [6.45, 7) is 0.285. The molecule has 1 aliphatic heterocycles. The molecule has 0 bridgehead atoms. The van der Waals surface area contributed by atoms with Crippen molar-refractivity contribution in [2.24, 2.45) is 0 Å². The third-order valence-corrected chi connectivity index (χ3v) is 8.70. The maximum Gasteiger partial charge on any atom is 0.257 e. The van der Waals surface area contributed by atoms with Crippen LogP contribution in [-0.2, 0) is 24.2 Å².